The molecule has 2 heterocycles. The van der Waals surface area contributed by atoms with Gasteiger partial charge in [-0.3, -0.25) is 5.10 Å². The molecule has 0 atom stereocenters. The molecule has 6 heteroatoms. The standard InChI is InChI=1S/C18H22ClN3O2/c1-18(2,3)24-17(23)22-10-4-5-15-14(11-22)16(21-20-15)12-6-8-13(19)9-7-12/h6-9H,4-5,10-11H2,1-3H3,(H,20,21). The minimum atomic E-state index is -0.498. The molecule has 0 unspecified atom stereocenters. The first-order valence-corrected chi connectivity index (χ1v) is 8.51. The summed E-state index contributed by atoms with van der Waals surface area (Å²) in [5, 5.41) is 8.28. The summed E-state index contributed by atoms with van der Waals surface area (Å²) in [6, 6.07) is 7.59. The number of carbonyl (C=O) groups excluding carboxylic acids is 1. The predicted molar refractivity (Wildman–Crippen MR) is 94.0 cm³/mol. The lowest BCUT2D eigenvalue weighted by Gasteiger charge is -2.26. The summed E-state index contributed by atoms with van der Waals surface area (Å²) in [6.07, 6.45) is 1.47. The zero-order chi connectivity index (χ0) is 17.3. The molecule has 1 aliphatic heterocycles. The number of carbonyl (C=O) groups is 1. The lowest BCUT2D eigenvalue weighted by molar-refractivity contribution is 0.0237. The van der Waals surface area contributed by atoms with Crippen molar-refractivity contribution in [3.63, 3.8) is 0 Å². The molecular formula is C18H22ClN3O2. The molecule has 1 aromatic heterocycles. The highest BCUT2D eigenvalue weighted by Crippen LogP contribution is 2.29. The SMILES string of the molecule is CC(C)(C)OC(=O)N1CCCc2[nH]nc(-c3ccc(Cl)cc3)c2C1. The van der Waals surface area contributed by atoms with Gasteiger partial charge in [-0.15, -0.1) is 0 Å². The number of nitrogens with zero attached hydrogens (tertiary/aromatic N) is 2. The van der Waals surface area contributed by atoms with Crippen molar-refractivity contribution in [2.24, 2.45) is 0 Å². The fourth-order valence-corrected chi connectivity index (χ4v) is 2.95. The Kier molecular flexibility index (Phi) is 4.54. The van der Waals surface area contributed by atoms with E-state index in [2.05, 4.69) is 10.2 Å². The topological polar surface area (TPSA) is 58.2 Å². The molecule has 1 aliphatic rings. The summed E-state index contributed by atoms with van der Waals surface area (Å²) in [7, 11) is 0. The van der Waals surface area contributed by atoms with E-state index in [4.69, 9.17) is 16.3 Å². The van der Waals surface area contributed by atoms with Crippen LogP contribution >= 0.6 is 11.6 Å². The number of halogens is 1. The Morgan fingerprint density at radius 1 is 1.29 bits per heavy atom. The first-order valence-electron chi connectivity index (χ1n) is 8.13. The maximum Gasteiger partial charge on any atom is 0.410 e. The van der Waals surface area contributed by atoms with Crippen LogP contribution in [0.3, 0.4) is 0 Å². The van der Waals surface area contributed by atoms with Gasteiger partial charge in [0, 0.05) is 28.4 Å². The van der Waals surface area contributed by atoms with Crippen LogP contribution < -0.4 is 0 Å². The number of nitrogens with one attached hydrogen (secondary N) is 1. The summed E-state index contributed by atoms with van der Waals surface area (Å²) < 4.78 is 5.52. The van der Waals surface area contributed by atoms with Crippen LogP contribution in [0.15, 0.2) is 24.3 Å². The van der Waals surface area contributed by atoms with Crippen LogP contribution in [0.4, 0.5) is 4.79 Å². The van der Waals surface area contributed by atoms with Crippen LogP contribution in [0, 0.1) is 0 Å². The molecule has 0 saturated carbocycles. The van der Waals surface area contributed by atoms with E-state index in [-0.39, 0.29) is 6.09 Å². The number of fused-ring (bicyclic) bond motifs is 1. The van der Waals surface area contributed by atoms with Crippen molar-refractivity contribution in [1.29, 1.82) is 0 Å². The van der Waals surface area contributed by atoms with E-state index in [9.17, 15) is 4.79 Å². The van der Waals surface area contributed by atoms with Gasteiger partial charge in [-0.2, -0.15) is 5.10 Å². The maximum absolute atomic E-state index is 12.4. The van der Waals surface area contributed by atoms with Crippen LogP contribution in [0.1, 0.15) is 38.4 Å². The molecule has 0 fully saturated rings. The van der Waals surface area contributed by atoms with Gasteiger partial charge >= 0.3 is 6.09 Å². The maximum atomic E-state index is 12.4. The third kappa shape index (κ3) is 3.73. The van der Waals surface area contributed by atoms with Gasteiger partial charge in [0.2, 0.25) is 0 Å². The normalized spacial score (nSPS) is 14.9. The Morgan fingerprint density at radius 2 is 2.00 bits per heavy atom. The van der Waals surface area contributed by atoms with Gasteiger partial charge in [0.25, 0.3) is 0 Å². The van der Waals surface area contributed by atoms with E-state index in [0.29, 0.717) is 18.1 Å². The zero-order valence-electron chi connectivity index (χ0n) is 14.2. The first-order chi connectivity index (χ1) is 11.3. The quantitative estimate of drug-likeness (QED) is 0.831. The summed E-state index contributed by atoms with van der Waals surface area (Å²) in [5.74, 6) is 0. The van der Waals surface area contributed by atoms with Crippen molar-refractivity contribution in [1.82, 2.24) is 15.1 Å². The molecule has 1 N–H and O–H groups in total. The molecule has 128 valence electrons. The number of aromatic nitrogens is 2. The van der Waals surface area contributed by atoms with Crippen LogP contribution in [0.2, 0.25) is 5.02 Å². The molecule has 5 nitrogen and oxygen atoms in total. The average molecular weight is 348 g/mol. The zero-order valence-corrected chi connectivity index (χ0v) is 15.0. The Hall–Kier alpha value is -2.01. The van der Waals surface area contributed by atoms with E-state index < -0.39 is 5.60 Å². The Bertz CT molecular complexity index is 732. The second-order valence-electron chi connectivity index (χ2n) is 7.04. The molecule has 0 saturated heterocycles. The second kappa shape index (κ2) is 6.48. The lowest BCUT2D eigenvalue weighted by atomic mass is 10.0. The molecular weight excluding hydrogens is 326 g/mol. The Labute approximate surface area is 147 Å². The van der Waals surface area contributed by atoms with Gasteiger partial charge in [-0.05, 0) is 45.7 Å². The number of hydrogen-bond donors (Lipinski definition) is 1. The van der Waals surface area contributed by atoms with Gasteiger partial charge in [0.1, 0.15) is 5.60 Å². The van der Waals surface area contributed by atoms with E-state index in [1.165, 1.54) is 0 Å². The molecule has 0 radical (unpaired) electrons. The number of aromatic amines is 1. The van der Waals surface area contributed by atoms with Crippen LogP contribution in [-0.2, 0) is 17.7 Å². The van der Waals surface area contributed by atoms with Crippen molar-refractivity contribution in [2.45, 2.75) is 45.8 Å². The molecule has 0 aliphatic carbocycles. The van der Waals surface area contributed by atoms with Crippen LogP contribution in [0.25, 0.3) is 11.3 Å². The second-order valence-corrected chi connectivity index (χ2v) is 7.48. The molecule has 1 amide bonds. The van der Waals surface area contributed by atoms with E-state index in [1.54, 1.807) is 4.90 Å². The van der Waals surface area contributed by atoms with Crippen molar-refractivity contribution in [3.8, 4) is 11.3 Å². The van der Waals surface area contributed by atoms with Crippen molar-refractivity contribution in [3.05, 3.63) is 40.5 Å². The Morgan fingerprint density at radius 3 is 2.67 bits per heavy atom. The molecule has 1 aromatic carbocycles. The molecule has 2 aromatic rings. The molecule has 24 heavy (non-hydrogen) atoms. The highest BCUT2D eigenvalue weighted by molar-refractivity contribution is 6.30. The smallest absolute Gasteiger partial charge is 0.410 e. The number of H-pyrrole nitrogens is 1. The third-order valence-corrected chi connectivity index (χ3v) is 4.18. The fourth-order valence-electron chi connectivity index (χ4n) is 2.82. The summed E-state index contributed by atoms with van der Waals surface area (Å²) in [4.78, 5) is 14.2. The average Bonchev–Trinajstić information content (AvgIpc) is 2.76. The minimum Gasteiger partial charge on any atom is -0.444 e. The third-order valence-electron chi connectivity index (χ3n) is 3.93. The Balaban J connectivity index is 1.88. The minimum absolute atomic E-state index is 0.279. The number of aryl methyl sites for hydroxylation is 1. The van der Waals surface area contributed by atoms with Crippen LogP contribution in [-0.4, -0.2) is 33.3 Å². The van der Waals surface area contributed by atoms with E-state index in [0.717, 1.165) is 35.4 Å². The number of amides is 1. The first kappa shape index (κ1) is 16.8. The summed E-state index contributed by atoms with van der Waals surface area (Å²) in [6.45, 7) is 6.82. The predicted octanol–water partition coefficient (Wildman–Crippen LogP) is 4.41. The van der Waals surface area contributed by atoms with Gasteiger partial charge in [-0.25, -0.2) is 4.79 Å². The number of rotatable bonds is 1. The summed E-state index contributed by atoms with van der Waals surface area (Å²) in [5.41, 5.74) is 3.51. The monoisotopic (exact) mass is 347 g/mol. The molecule has 3 rings (SSSR count). The van der Waals surface area contributed by atoms with Gasteiger partial charge in [-0.1, -0.05) is 23.7 Å². The highest BCUT2D eigenvalue weighted by Gasteiger charge is 2.27. The number of hydrogen-bond acceptors (Lipinski definition) is 3. The van der Waals surface area contributed by atoms with E-state index >= 15 is 0 Å². The lowest BCUT2D eigenvalue weighted by Crippen LogP contribution is -2.36. The fraction of sp³-hybridized carbons (Fsp3) is 0.444. The molecule has 0 bridgehead atoms. The van der Waals surface area contributed by atoms with Gasteiger partial charge in [0.15, 0.2) is 0 Å². The number of ether oxygens (including phenoxy) is 1. The van der Waals surface area contributed by atoms with Crippen molar-refractivity contribution >= 4 is 17.7 Å². The van der Waals surface area contributed by atoms with Crippen molar-refractivity contribution in [2.75, 3.05) is 6.54 Å². The van der Waals surface area contributed by atoms with Gasteiger partial charge in [0.05, 0.1) is 12.2 Å². The van der Waals surface area contributed by atoms with E-state index in [1.807, 2.05) is 45.0 Å². The number of benzene rings is 1. The highest BCUT2D eigenvalue weighted by atomic mass is 35.5. The molecule has 0 spiro atoms. The van der Waals surface area contributed by atoms with Crippen molar-refractivity contribution < 1.29 is 9.53 Å². The summed E-state index contributed by atoms with van der Waals surface area (Å²) >= 11 is 5.97. The van der Waals surface area contributed by atoms with Crippen LogP contribution in [0.5, 0.6) is 0 Å². The van der Waals surface area contributed by atoms with Gasteiger partial charge < -0.3 is 9.64 Å². The largest absolute Gasteiger partial charge is 0.444 e.